The van der Waals surface area contributed by atoms with Crippen LogP contribution in [0.25, 0.3) is 0 Å². The lowest BCUT2D eigenvalue weighted by molar-refractivity contribution is 0.505. The second-order valence-electron chi connectivity index (χ2n) is 2.22. The normalized spacial score (nSPS) is 6.27. The summed E-state index contributed by atoms with van der Waals surface area (Å²) in [6, 6.07) is 0. The Labute approximate surface area is 71.7 Å². The molecular weight excluding hydrogens is 134 g/mol. The first-order chi connectivity index (χ1) is 5.06. The fraction of sp³-hybridized carbons (Fsp3) is 0.400. The molecule has 1 nitrogen and oxygen atoms in total. The van der Waals surface area contributed by atoms with Crippen LogP contribution in [-0.2, 0) is 0 Å². The van der Waals surface area contributed by atoms with E-state index in [0.717, 1.165) is 0 Å². The summed E-state index contributed by atoms with van der Waals surface area (Å²) >= 11 is 0. The highest BCUT2D eigenvalue weighted by Gasteiger charge is 1.58. The zero-order valence-corrected chi connectivity index (χ0v) is 8.30. The number of allylic oxidation sites excluding steroid dienone is 3. The molecule has 0 aromatic rings. The lowest BCUT2D eigenvalue weighted by Crippen LogP contribution is -1.99. The highest BCUT2D eigenvalue weighted by molar-refractivity contribution is 4.88. The summed E-state index contributed by atoms with van der Waals surface area (Å²) in [4.78, 5) is 2.00. The molecule has 0 heterocycles. The quantitative estimate of drug-likeness (QED) is 0.416. The molecule has 0 radical (unpaired) electrons. The molecule has 0 rings (SSSR count). The second kappa shape index (κ2) is 22.9. The zero-order valence-electron chi connectivity index (χ0n) is 8.30. The molecule has 0 unspecified atom stereocenters. The van der Waals surface area contributed by atoms with E-state index >= 15 is 0 Å². The third kappa shape index (κ3) is 14600. The summed E-state index contributed by atoms with van der Waals surface area (Å²) in [5, 5.41) is 0. The van der Waals surface area contributed by atoms with E-state index < -0.39 is 0 Å². The molecule has 0 aliphatic carbocycles. The maximum atomic E-state index is 3.36. The van der Waals surface area contributed by atoms with E-state index in [0.29, 0.717) is 0 Å². The summed E-state index contributed by atoms with van der Waals surface area (Å²) < 4.78 is 0. The van der Waals surface area contributed by atoms with Gasteiger partial charge in [-0.2, -0.15) is 0 Å². The molecule has 0 N–H and O–H groups in total. The summed E-state index contributed by atoms with van der Waals surface area (Å²) in [6.45, 7) is 12.0. The van der Waals surface area contributed by atoms with Gasteiger partial charge in [-0.1, -0.05) is 31.4 Å². The topological polar surface area (TPSA) is 3.24 Å². The Balaban J connectivity index is -0.0000000886. The minimum Gasteiger partial charge on any atom is -0.312 e. The Morgan fingerprint density at radius 3 is 1.00 bits per heavy atom. The Bertz CT molecular complexity index is 74.1. The van der Waals surface area contributed by atoms with Crippen LogP contribution < -0.4 is 0 Å². The second-order valence-corrected chi connectivity index (χ2v) is 2.22. The van der Waals surface area contributed by atoms with Gasteiger partial charge in [-0.15, -0.1) is 6.58 Å². The van der Waals surface area contributed by atoms with Crippen molar-refractivity contribution in [3.8, 4) is 0 Å². The van der Waals surface area contributed by atoms with Crippen molar-refractivity contribution in [3.05, 3.63) is 38.0 Å². The van der Waals surface area contributed by atoms with Crippen molar-refractivity contribution in [1.29, 1.82) is 0 Å². The molecule has 0 fully saturated rings. The van der Waals surface area contributed by atoms with Crippen molar-refractivity contribution in [2.45, 2.75) is 6.92 Å². The smallest absolute Gasteiger partial charge is 0.0140 e. The molecule has 0 atom stereocenters. The first kappa shape index (κ1) is 16.6. The predicted octanol–water partition coefficient (Wildman–Crippen LogP) is 2.73. The van der Waals surface area contributed by atoms with Crippen LogP contribution in [0.3, 0.4) is 0 Å². The predicted molar refractivity (Wildman–Crippen MR) is 55.9 cm³/mol. The van der Waals surface area contributed by atoms with Crippen LogP contribution in [0.2, 0.25) is 0 Å². The van der Waals surface area contributed by atoms with E-state index in [9.17, 15) is 0 Å². The van der Waals surface area contributed by atoms with Crippen molar-refractivity contribution in [2.75, 3.05) is 21.1 Å². The van der Waals surface area contributed by atoms with Gasteiger partial charge in [0.05, 0.1) is 0 Å². The van der Waals surface area contributed by atoms with Crippen molar-refractivity contribution in [2.24, 2.45) is 0 Å². The van der Waals surface area contributed by atoms with E-state index in [-0.39, 0.29) is 0 Å². The van der Waals surface area contributed by atoms with Crippen LogP contribution in [0.4, 0.5) is 0 Å². The van der Waals surface area contributed by atoms with E-state index in [1.54, 1.807) is 18.2 Å². The maximum Gasteiger partial charge on any atom is -0.0140 e. The van der Waals surface area contributed by atoms with Crippen molar-refractivity contribution in [3.63, 3.8) is 0 Å². The molecule has 0 aromatic carbocycles. The first-order valence-electron chi connectivity index (χ1n) is 3.48. The van der Waals surface area contributed by atoms with E-state index in [1.807, 2.05) is 33.0 Å². The lowest BCUT2D eigenvalue weighted by atomic mass is 10.6. The van der Waals surface area contributed by atoms with Crippen LogP contribution in [0, 0.1) is 0 Å². The molecule has 0 aromatic heterocycles. The average Bonchev–Trinajstić information content (AvgIpc) is 1.88. The molecule has 11 heavy (non-hydrogen) atoms. The van der Waals surface area contributed by atoms with Gasteiger partial charge in [-0.3, -0.25) is 0 Å². The molecule has 0 aliphatic rings. The fourth-order valence-corrected chi connectivity index (χ4v) is 0. The molecule has 0 saturated carbocycles. The maximum absolute atomic E-state index is 3.36. The fourth-order valence-electron chi connectivity index (χ4n) is 0. The van der Waals surface area contributed by atoms with E-state index in [2.05, 4.69) is 19.7 Å². The molecule has 0 spiro atoms. The number of hydrogen-bond donors (Lipinski definition) is 0. The molecule has 66 valence electrons. The monoisotopic (exact) mass is 155 g/mol. The highest BCUT2D eigenvalue weighted by Crippen LogP contribution is 1.52. The summed E-state index contributed by atoms with van der Waals surface area (Å²) in [5.41, 5.74) is 0. The van der Waals surface area contributed by atoms with Gasteiger partial charge in [-0.05, 0) is 28.1 Å². The molecular formula is C10H21N. The molecule has 0 amide bonds. The van der Waals surface area contributed by atoms with Crippen LogP contribution in [0.15, 0.2) is 38.0 Å². The summed E-state index contributed by atoms with van der Waals surface area (Å²) in [6.07, 6.45) is 5.03. The van der Waals surface area contributed by atoms with Crippen molar-refractivity contribution >= 4 is 0 Å². The Hall–Kier alpha value is -0.820. The highest BCUT2D eigenvalue weighted by atomic mass is 15.0. The third-order valence-electron chi connectivity index (χ3n) is 0.167. The Kier molecular flexibility index (Phi) is 34.6. The Morgan fingerprint density at radius 2 is 1.00 bits per heavy atom. The summed E-state index contributed by atoms with van der Waals surface area (Å²) in [7, 11) is 6.00. The van der Waals surface area contributed by atoms with Gasteiger partial charge in [0.2, 0.25) is 0 Å². The minimum absolute atomic E-state index is 1.64. The van der Waals surface area contributed by atoms with Gasteiger partial charge in [0.1, 0.15) is 0 Å². The largest absolute Gasteiger partial charge is 0.312 e. The van der Waals surface area contributed by atoms with E-state index in [4.69, 9.17) is 0 Å². The minimum atomic E-state index is 1.64. The molecule has 0 bridgehead atoms. The average molecular weight is 155 g/mol. The van der Waals surface area contributed by atoms with Gasteiger partial charge < -0.3 is 4.90 Å². The third-order valence-corrected chi connectivity index (χ3v) is 0.167. The van der Waals surface area contributed by atoms with Gasteiger partial charge in [0.25, 0.3) is 0 Å². The van der Waals surface area contributed by atoms with Gasteiger partial charge in [0.15, 0.2) is 0 Å². The number of nitrogens with zero attached hydrogens (tertiary/aromatic N) is 1. The van der Waals surface area contributed by atoms with E-state index in [1.165, 1.54) is 0 Å². The van der Waals surface area contributed by atoms with Gasteiger partial charge in [-0.25, -0.2) is 0 Å². The van der Waals surface area contributed by atoms with Crippen LogP contribution >= 0.6 is 0 Å². The van der Waals surface area contributed by atoms with Crippen molar-refractivity contribution < 1.29 is 0 Å². The molecule has 1 heteroatoms. The summed E-state index contributed by atoms with van der Waals surface area (Å²) in [5.74, 6) is 0. The van der Waals surface area contributed by atoms with Gasteiger partial charge in [0, 0.05) is 0 Å². The van der Waals surface area contributed by atoms with Crippen LogP contribution in [0.5, 0.6) is 0 Å². The van der Waals surface area contributed by atoms with Crippen molar-refractivity contribution in [1.82, 2.24) is 4.90 Å². The van der Waals surface area contributed by atoms with Crippen LogP contribution in [-0.4, -0.2) is 26.0 Å². The molecule has 0 saturated heterocycles. The van der Waals surface area contributed by atoms with Gasteiger partial charge >= 0.3 is 0 Å². The lowest BCUT2D eigenvalue weighted by Gasteiger charge is -1.90. The molecule has 0 aliphatic heterocycles. The first-order valence-corrected chi connectivity index (χ1v) is 3.48. The SMILES string of the molecule is C=CC.C=CC=C.CN(C)C. The number of rotatable bonds is 1. The standard InChI is InChI=1S/C4H6.C3H9N.C3H6/c1-3-4-2;1-4(2)3;1-3-2/h3-4H,1-2H2;1-3H3;3H,1H2,2H3. The number of hydrogen-bond acceptors (Lipinski definition) is 1. The zero-order chi connectivity index (χ0) is 9.70. The Morgan fingerprint density at radius 1 is 0.909 bits per heavy atom. The van der Waals surface area contributed by atoms with Crippen LogP contribution in [0.1, 0.15) is 6.92 Å².